The Kier molecular flexibility index (Phi) is 7.16. The van der Waals surface area contributed by atoms with Gasteiger partial charge in [-0.1, -0.05) is 19.1 Å². The number of nitrogens with one attached hydrogen (secondary N) is 1. The second kappa shape index (κ2) is 9.13. The maximum Gasteiger partial charge on any atom is 0.123 e. The number of likely N-dealkylation sites (tertiary alicyclic amines) is 1. The summed E-state index contributed by atoms with van der Waals surface area (Å²) in [5.74, 6) is 1.83. The third-order valence-electron chi connectivity index (χ3n) is 4.46. The number of ether oxygens (including phenoxy) is 1. The first kappa shape index (κ1) is 17.3. The number of hydrogen-bond acceptors (Lipinski definition) is 4. The molecule has 4 heteroatoms. The highest BCUT2D eigenvalue weighted by molar-refractivity contribution is 5.37. The fourth-order valence-electron chi connectivity index (χ4n) is 2.94. The largest absolute Gasteiger partial charge is 0.496 e. The minimum atomic E-state index is 0.234. The van der Waals surface area contributed by atoms with Gasteiger partial charge in [0.25, 0.3) is 0 Å². The van der Waals surface area contributed by atoms with Gasteiger partial charge in [0, 0.05) is 25.3 Å². The van der Waals surface area contributed by atoms with Gasteiger partial charge in [-0.2, -0.15) is 0 Å². The molecule has 124 valence electrons. The summed E-state index contributed by atoms with van der Waals surface area (Å²) in [6.07, 6.45) is 3.40. The van der Waals surface area contributed by atoms with Crippen LogP contribution >= 0.6 is 0 Å². The summed E-state index contributed by atoms with van der Waals surface area (Å²) in [6.45, 7) is 7.61. The van der Waals surface area contributed by atoms with Crippen molar-refractivity contribution in [1.29, 1.82) is 0 Å². The van der Waals surface area contributed by atoms with E-state index in [4.69, 9.17) is 9.84 Å². The number of methoxy groups -OCH3 is 1. The van der Waals surface area contributed by atoms with Gasteiger partial charge in [0.15, 0.2) is 0 Å². The van der Waals surface area contributed by atoms with Gasteiger partial charge < -0.3 is 15.2 Å². The molecular weight excluding hydrogens is 276 g/mol. The molecule has 1 aliphatic rings. The molecule has 1 aromatic rings. The van der Waals surface area contributed by atoms with Crippen LogP contribution in [-0.4, -0.2) is 43.4 Å². The van der Waals surface area contributed by atoms with Gasteiger partial charge in [-0.15, -0.1) is 0 Å². The van der Waals surface area contributed by atoms with E-state index in [1.54, 1.807) is 7.11 Å². The molecule has 0 atom stereocenters. The number of hydrogen-bond donors (Lipinski definition) is 2. The van der Waals surface area contributed by atoms with E-state index in [2.05, 4.69) is 35.3 Å². The average Bonchev–Trinajstić information content (AvgIpc) is 2.54. The van der Waals surface area contributed by atoms with Gasteiger partial charge in [0.05, 0.1) is 7.11 Å². The Morgan fingerprint density at radius 2 is 2.09 bits per heavy atom. The van der Waals surface area contributed by atoms with E-state index in [1.165, 1.54) is 37.1 Å². The van der Waals surface area contributed by atoms with E-state index in [0.29, 0.717) is 0 Å². The van der Waals surface area contributed by atoms with Gasteiger partial charge in [-0.3, -0.25) is 4.90 Å². The molecule has 0 spiro atoms. The molecule has 2 N–H and O–H groups in total. The Morgan fingerprint density at radius 1 is 1.32 bits per heavy atom. The molecule has 22 heavy (non-hydrogen) atoms. The van der Waals surface area contributed by atoms with Crippen molar-refractivity contribution >= 4 is 0 Å². The smallest absolute Gasteiger partial charge is 0.123 e. The number of aliphatic hydroxyl groups excluding tert-OH is 1. The predicted octanol–water partition coefficient (Wildman–Crippen LogP) is 2.40. The molecule has 1 fully saturated rings. The molecule has 0 bridgehead atoms. The zero-order chi connectivity index (χ0) is 15.8. The van der Waals surface area contributed by atoms with Gasteiger partial charge in [0.1, 0.15) is 5.75 Å². The van der Waals surface area contributed by atoms with Crippen LogP contribution in [0.1, 0.15) is 37.3 Å². The topological polar surface area (TPSA) is 44.7 Å². The quantitative estimate of drug-likeness (QED) is 0.724. The van der Waals surface area contributed by atoms with Gasteiger partial charge in [-0.25, -0.2) is 0 Å². The molecule has 0 unspecified atom stereocenters. The Hall–Kier alpha value is -1.10. The molecule has 0 amide bonds. The highest BCUT2D eigenvalue weighted by Crippen LogP contribution is 2.23. The van der Waals surface area contributed by atoms with E-state index >= 15 is 0 Å². The van der Waals surface area contributed by atoms with Crippen molar-refractivity contribution in [3.8, 4) is 5.75 Å². The minimum Gasteiger partial charge on any atom is -0.496 e. The van der Waals surface area contributed by atoms with E-state index in [1.807, 2.05) is 0 Å². The first-order valence-electron chi connectivity index (χ1n) is 8.42. The zero-order valence-electron chi connectivity index (χ0n) is 14.0. The highest BCUT2D eigenvalue weighted by atomic mass is 16.5. The molecule has 0 saturated carbocycles. The average molecular weight is 306 g/mol. The molecule has 1 heterocycles. The summed E-state index contributed by atoms with van der Waals surface area (Å²) in [6, 6.07) is 6.54. The number of nitrogens with zero attached hydrogens (tertiary/aromatic N) is 1. The second-order valence-corrected chi connectivity index (χ2v) is 6.36. The van der Waals surface area contributed by atoms with Crippen LogP contribution in [0, 0.1) is 5.92 Å². The van der Waals surface area contributed by atoms with E-state index in [-0.39, 0.29) is 6.61 Å². The number of piperidine rings is 1. The van der Waals surface area contributed by atoms with Crippen LogP contribution < -0.4 is 10.1 Å². The lowest BCUT2D eigenvalue weighted by Crippen LogP contribution is -2.32. The van der Waals surface area contributed by atoms with Crippen LogP contribution in [0.25, 0.3) is 0 Å². The van der Waals surface area contributed by atoms with Crippen molar-refractivity contribution in [2.75, 3.05) is 33.4 Å². The van der Waals surface area contributed by atoms with Crippen LogP contribution in [0.5, 0.6) is 5.75 Å². The lowest BCUT2D eigenvalue weighted by molar-refractivity contribution is 0.185. The third kappa shape index (κ3) is 5.27. The minimum absolute atomic E-state index is 0.234. The third-order valence-corrected chi connectivity index (χ3v) is 4.46. The van der Waals surface area contributed by atoms with E-state index in [9.17, 15) is 0 Å². The van der Waals surface area contributed by atoms with Crippen molar-refractivity contribution < 1.29 is 9.84 Å². The van der Waals surface area contributed by atoms with Crippen molar-refractivity contribution in [2.45, 2.75) is 39.3 Å². The van der Waals surface area contributed by atoms with E-state index in [0.717, 1.165) is 37.7 Å². The molecule has 0 aromatic heterocycles. The Morgan fingerprint density at radius 3 is 2.77 bits per heavy atom. The van der Waals surface area contributed by atoms with Crippen molar-refractivity contribution in [2.24, 2.45) is 5.92 Å². The summed E-state index contributed by atoms with van der Waals surface area (Å²) in [5.41, 5.74) is 2.50. The molecule has 2 rings (SSSR count). The van der Waals surface area contributed by atoms with Gasteiger partial charge >= 0.3 is 0 Å². The van der Waals surface area contributed by atoms with Gasteiger partial charge in [0.2, 0.25) is 0 Å². The van der Waals surface area contributed by atoms with Crippen LogP contribution in [0.2, 0.25) is 0 Å². The molecule has 1 saturated heterocycles. The summed E-state index contributed by atoms with van der Waals surface area (Å²) in [7, 11) is 1.74. The fourth-order valence-corrected chi connectivity index (χ4v) is 2.94. The molecule has 4 nitrogen and oxygen atoms in total. The van der Waals surface area contributed by atoms with Crippen LogP contribution in [-0.2, 0) is 13.1 Å². The summed E-state index contributed by atoms with van der Waals surface area (Å²) in [5, 5.41) is 12.1. The number of rotatable bonds is 8. The SMILES string of the molecule is COc1cc(CN2CCC(C)CC2)ccc1CNCCCO. The first-order valence-corrected chi connectivity index (χ1v) is 8.42. The maximum atomic E-state index is 8.80. The van der Waals surface area contributed by atoms with Gasteiger partial charge in [-0.05, 0) is 56.4 Å². The Bertz CT molecular complexity index is 443. The highest BCUT2D eigenvalue weighted by Gasteiger charge is 2.16. The summed E-state index contributed by atoms with van der Waals surface area (Å²) in [4.78, 5) is 2.54. The first-order chi connectivity index (χ1) is 10.7. The molecule has 1 aromatic carbocycles. The lowest BCUT2D eigenvalue weighted by atomic mass is 9.98. The zero-order valence-corrected chi connectivity index (χ0v) is 14.0. The fraction of sp³-hybridized carbons (Fsp3) is 0.667. The monoisotopic (exact) mass is 306 g/mol. The van der Waals surface area contributed by atoms with E-state index < -0.39 is 0 Å². The molecular formula is C18H30N2O2. The maximum absolute atomic E-state index is 8.80. The second-order valence-electron chi connectivity index (χ2n) is 6.36. The molecule has 1 aliphatic heterocycles. The normalized spacial score (nSPS) is 16.9. The van der Waals surface area contributed by atoms with Crippen molar-refractivity contribution in [3.05, 3.63) is 29.3 Å². The van der Waals surface area contributed by atoms with Crippen molar-refractivity contribution in [1.82, 2.24) is 10.2 Å². The summed E-state index contributed by atoms with van der Waals surface area (Å²) < 4.78 is 5.54. The summed E-state index contributed by atoms with van der Waals surface area (Å²) >= 11 is 0. The molecule has 0 radical (unpaired) electrons. The Balaban J connectivity index is 1.90. The predicted molar refractivity (Wildman–Crippen MR) is 90.1 cm³/mol. The number of benzene rings is 1. The van der Waals surface area contributed by atoms with Crippen LogP contribution in [0.15, 0.2) is 18.2 Å². The lowest BCUT2D eigenvalue weighted by Gasteiger charge is -2.30. The van der Waals surface area contributed by atoms with Crippen LogP contribution in [0.3, 0.4) is 0 Å². The number of aliphatic hydroxyl groups is 1. The molecule has 0 aliphatic carbocycles. The Labute approximate surface area is 134 Å². The van der Waals surface area contributed by atoms with Crippen molar-refractivity contribution in [3.63, 3.8) is 0 Å². The van der Waals surface area contributed by atoms with Crippen LogP contribution in [0.4, 0.5) is 0 Å². The standard InChI is InChI=1S/C18H30N2O2/c1-15-6-9-20(10-7-15)14-16-4-5-17(18(12-16)22-2)13-19-8-3-11-21/h4-5,12,15,19,21H,3,6-11,13-14H2,1-2H3.